The molecule has 5 nitrogen and oxygen atoms in total. The molecule has 102 valence electrons. The van der Waals surface area contributed by atoms with Gasteiger partial charge in [0.15, 0.2) is 5.88 Å². The molecule has 20 heavy (non-hydrogen) atoms. The monoisotopic (exact) mass is 286 g/mol. The van der Waals surface area contributed by atoms with Crippen LogP contribution in [0.2, 0.25) is 0 Å². The lowest BCUT2D eigenvalue weighted by Gasteiger charge is -2.12. The van der Waals surface area contributed by atoms with Gasteiger partial charge in [0.25, 0.3) is 0 Å². The fourth-order valence-corrected chi connectivity index (χ4v) is 2.89. The summed E-state index contributed by atoms with van der Waals surface area (Å²) in [6.07, 6.45) is 11.0. The van der Waals surface area contributed by atoms with Crippen molar-refractivity contribution in [2.45, 2.75) is 22.6 Å². The Hall–Kier alpha value is -2.13. The number of nitrogens with zero attached hydrogens (tertiary/aromatic N) is 3. The van der Waals surface area contributed by atoms with Crippen LogP contribution in [0.15, 0.2) is 32.7 Å². The smallest absolute Gasteiger partial charge is 0.206 e. The number of aromatic nitrogens is 2. The van der Waals surface area contributed by atoms with Gasteiger partial charge in [0.05, 0.1) is 9.79 Å². The van der Waals surface area contributed by atoms with Crippen molar-refractivity contribution >= 4 is 23.5 Å². The second-order valence-corrected chi connectivity index (χ2v) is 5.62. The van der Waals surface area contributed by atoms with E-state index in [4.69, 9.17) is 16.6 Å². The number of furan rings is 1. The van der Waals surface area contributed by atoms with Gasteiger partial charge in [-0.2, -0.15) is 0 Å². The molecule has 0 atom stereocenters. The van der Waals surface area contributed by atoms with Crippen molar-refractivity contribution in [2.75, 3.05) is 23.7 Å². The van der Waals surface area contributed by atoms with Crippen molar-refractivity contribution in [2.24, 2.45) is 0 Å². The van der Waals surface area contributed by atoms with Crippen LogP contribution in [-0.4, -0.2) is 23.1 Å². The highest BCUT2D eigenvalue weighted by atomic mass is 32.2. The van der Waals surface area contributed by atoms with Gasteiger partial charge in [0.1, 0.15) is 12.1 Å². The van der Waals surface area contributed by atoms with Crippen LogP contribution in [0.3, 0.4) is 0 Å². The lowest BCUT2D eigenvalue weighted by atomic mass is 10.4. The number of hydrogen-bond acceptors (Lipinski definition) is 6. The number of anilines is 2. The summed E-state index contributed by atoms with van der Waals surface area (Å²) in [4.78, 5) is 12.1. The quantitative estimate of drug-likeness (QED) is 0.874. The van der Waals surface area contributed by atoms with E-state index in [0.717, 1.165) is 28.8 Å². The first-order valence-corrected chi connectivity index (χ1v) is 7.18. The third kappa shape index (κ3) is 2.58. The van der Waals surface area contributed by atoms with Crippen LogP contribution < -0.4 is 10.6 Å². The molecule has 0 aliphatic carbocycles. The molecule has 3 rings (SSSR count). The van der Waals surface area contributed by atoms with E-state index in [1.807, 2.05) is 6.07 Å². The summed E-state index contributed by atoms with van der Waals surface area (Å²) in [7, 11) is 0. The van der Waals surface area contributed by atoms with Gasteiger partial charge < -0.3 is 15.1 Å². The fraction of sp³-hybridized carbons (Fsp3) is 0.286. The second-order valence-electron chi connectivity index (χ2n) is 4.50. The minimum Gasteiger partial charge on any atom is -0.448 e. The molecule has 0 unspecified atom stereocenters. The maximum Gasteiger partial charge on any atom is 0.206 e. The molecule has 1 aliphatic heterocycles. The van der Waals surface area contributed by atoms with Gasteiger partial charge in [-0.1, -0.05) is 11.8 Å². The van der Waals surface area contributed by atoms with E-state index in [9.17, 15) is 0 Å². The third-order valence-corrected chi connectivity index (χ3v) is 4.10. The molecule has 2 aromatic heterocycles. The number of nitrogen functional groups attached to an aromatic ring is 1. The summed E-state index contributed by atoms with van der Waals surface area (Å²) in [5.74, 6) is 3.96. The summed E-state index contributed by atoms with van der Waals surface area (Å²) in [6, 6.07) is 2.02. The largest absolute Gasteiger partial charge is 0.448 e. The van der Waals surface area contributed by atoms with Crippen molar-refractivity contribution in [3.8, 4) is 12.3 Å². The van der Waals surface area contributed by atoms with E-state index < -0.39 is 0 Å². The maximum atomic E-state index is 5.87. The lowest BCUT2D eigenvalue weighted by molar-refractivity contribution is 0.552. The third-order valence-electron chi connectivity index (χ3n) is 3.12. The lowest BCUT2D eigenvalue weighted by Crippen LogP contribution is -2.16. The average molecular weight is 286 g/mol. The van der Waals surface area contributed by atoms with Gasteiger partial charge in [0.2, 0.25) is 5.82 Å². The molecule has 2 aromatic rings. The Morgan fingerprint density at radius 3 is 2.90 bits per heavy atom. The predicted molar refractivity (Wildman–Crippen MR) is 78.7 cm³/mol. The van der Waals surface area contributed by atoms with Crippen LogP contribution in [0.5, 0.6) is 0 Å². The van der Waals surface area contributed by atoms with Gasteiger partial charge in [-0.3, -0.25) is 0 Å². The Kier molecular flexibility index (Phi) is 3.52. The molecule has 0 radical (unpaired) electrons. The summed E-state index contributed by atoms with van der Waals surface area (Å²) in [5.41, 5.74) is 5.87. The van der Waals surface area contributed by atoms with Crippen LogP contribution >= 0.6 is 11.8 Å². The molecule has 0 aromatic carbocycles. The Balaban J connectivity index is 1.76. The number of rotatable bonds is 3. The number of nitrogens with two attached hydrogens (primary N) is 1. The Bertz CT molecular complexity index is 655. The normalized spacial score (nSPS) is 14.4. The zero-order valence-electron chi connectivity index (χ0n) is 10.9. The summed E-state index contributed by atoms with van der Waals surface area (Å²) < 4.78 is 5.60. The molecule has 0 saturated carbocycles. The fourth-order valence-electron chi connectivity index (χ4n) is 2.12. The molecular formula is C14H14N4OS. The Morgan fingerprint density at radius 2 is 2.20 bits per heavy atom. The van der Waals surface area contributed by atoms with E-state index in [1.54, 1.807) is 12.5 Å². The van der Waals surface area contributed by atoms with Crippen molar-refractivity contribution in [1.82, 2.24) is 9.97 Å². The van der Waals surface area contributed by atoms with Crippen molar-refractivity contribution in [3.63, 3.8) is 0 Å². The van der Waals surface area contributed by atoms with Crippen molar-refractivity contribution in [1.29, 1.82) is 0 Å². The van der Waals surface area contributed by atoms with Crippen LogP contribution in [0.25, 0.3) is 0 Å². The standard InChI is InChI=1S/C14H14N4OS/c1-2-12-16-8-11(14(15)17-12)20-10-7-13(19-9-10)18-5-3-4-6-18/h1,7-9H,3-6H2,(H2,15,16,17). The van der Waals surface area contributed by atoms with Crippen molar-refractivity contribution in [3.05, 3.63) is 24.4 Å². The molecule has 0 amide bonds. The number of terminal acetylenes is 1. The van der Waals surface area contributed by atoms with E-state index in [2.05, 4.69) is 20.8 Å². The van der Waals surface area contributed by atoms with Crippen LogP contribution in [-0.2, 0) is 0 Å². The molecule has 2 N–H and O–H groups in total. The molecular weight excluding hydrogens is 272 g/mol. The molecule has 1 fully saturated rings. The molecule has 3 heterocycles. The zero-order chi connectivity index (χ0) is 13.9. The highest BCUT2D eigenvalue weighted by molar-refractivity contribution is 7.99. The van der Waals surface area contributed by atoms with Gasteiger partial charge in [0, 0.05) is 25.4 Å². The molecule has 1 saturated heterocycles. The van der Waals surface area contributed by atoms with E-state index >= 15 is 0 Å². The Labute approximate surface area is 121 Å². The zero-order valence-corrected chi connectivity index (χ0v) is 11.7. The molecule has 6 heteroatoms. The minimum absolute atomic E-state index is 0.303. The molecule has 0 bridgehead atoms. The van der Waals surface area contributed by atoms with E-state index in [-0.39, 0.29) is 0 Å². The first-order chi connectivity index (χ1) is 9.76. The van der Waals surface area contributed by atoms with E-state index in [1.165, 1.54) is 24.6 Å². The maximum absolute atomic E-state index is 5.87. The second kappa shape index (κ2) is 5.47. The summed E-state index contributed by atoms with van der Waals surface area (Å²) in [6.45, 7) is 2.11. The van der Waals surface area contributed by atoms with Crippen LogP contribution in [0.4, 0.5) is 11.7 Å². The highest BCUT2D eigenvalue weighted by Gasteiger charge is 2.16. The van der Waals surface area contributed by atoms with Crippen molar-refractivity contribution < 1.29 is 4.42 Å². The predicted octanol–water partition coefficient (Wildman–Crippen LogP) is 2.38. The first-order valence-electron chi connectivity index (χ1n) is 6.37. The van der Waals surface area contributed by atoms with Crippen LogP contribution in [0, 0.1) is 12.3 Å². The van der Waals surface area contributed by atoms with Gasteiger partial charge >= 0.3 is 0 Å². The van der Waals surface area contributed by atoms with Gasteiger partial charge in [-0.25, -0.2) is 9.97 Å². The summed E-state index contributed by atoms with van der Waals surface area (Å²) in [5, 5.41) is 0. The summed E-state index contributed by atoms with van der Waals surface area (Å²) >= 11 is 1.47. The highest BCUT2D eigenvalue weighted by Crippen LogP contribution is 2.34. The van der Waals surface area contributed by atoms with Gasteiger partial charge in [-0.05, 0) is 18.8 Å². The Morgan fingerprint density at radius 1 is 1.40 bits per heavy atom. The average Bonchev–Trinajstić information content (AvgIpc) is 3.11. The van der Waals surface area contributed by atoms with E-state index in [0.29, 0.717) is 11.6 Å². The van der Waals surface area contributed by atoms with Gasteiger partial charge in [-0.15, -0.1) is 6.42 Å². The molecule has 1 aliphatic rings. The number of hydrogen-bond donors (Lipinski definition) is 1. The van der Waals surface area contributed by atoms with Crippen LogP contribution in [0.1, 0.15) is 18.7 Å². The SMILES string of the molecule is C#Cc1ncc(Sc2coc(N3CCCC3)c2)c(N)n1. The first kappa shape index (κ1) is 12.9. The molecule has 0 spiro atoms. The minimum atomic E-state index is 0.303. The topological polar surface area (TPSA) is 68.2 Å².